The Morgan fingerprint density at radius 3 is 2.82 bits per heavy atom. The van der Waals surface area contributed by atoms with Crippen LogP contribution in [0.3, 0.4) is 0 Å². The Balaban J connectivity index is 1.56. The lowest BCUT2D eigenvalue weighted by Crippen LogP contribution is -2.16. The van der Waals surface area contributed by atoms with E-state index in [2.05, 4.69) is 20.7 Å². The third kappa shape index (κ3) is 3.46. The van der Waals surface area contributed by atoms with E-state index < -0.39 is 0 Å². The Hall–Kier alpha value is -2.90. The number of aromatic nitrogens is 5. The average molecular weight is 415 g/mol. The van der Waals surface area contributed by atoms with E-state index in [0.29, 0.717) is 40.0 Å². The van der Waals surface area contributed by atoms with E-state index in [4.69, 9.17) is 23.2 Å². The molecule has 0 unspecified atom stereocenters. The number of carbonyl (C=O) groups excluding carboxylic acids is 1. The Labute approximate surface area is 170 Å². The smallest absolute Gasteiger partial charge is 0.256 e. The van der Waals surface area contributed by atoms with Crippen molar-refractivity contribution in [3.8, 4) is 0 Å². The molecule has 2 aromatic heterocycles. The first kappa shape index (κ1) is 18.5. The highest BCUT2D eigenvalue weighted by Crippen LogP contribution is 2.26. The number of rotatable bonds is 5. The summed E-state index contributed by atoms with van der Waals surface area (Å²) in [5.74, 6) is 0.297. The lowest BCUT2D eigenvalue weighted by atomic mass is 10.2. The first-order valence-electron chi connectivity index (χ1n) is 8.66. The molecule has 0 saturated heterocycles. The molecule has 2 heterocycles. The van der Waals surface area contributed by atoms with Crippen LogP contribution in [0.5, 0.6) is 0 Å². The summed E-state index contributed by atoms with van der Waals surface area (Å²) in [4.78, 5) is 12.7. The Morgan fingerprint density at radius 2 is 2.00 bits per heavy atom. The van der Waals surface area contributed by atoms with E-state index in [0.717, 1.165) is 11.1 Å². The molecule has 1 amide bonds. The molecule has 4 rings (SSSR count). The maximum atomic E-state index is 12.7. The topological polar surface area (TPSA) is 77.6 Å². The molecule has 0 aliphatic heterocycles. The van der Waals surface area contributed by atoms with Crippen LogP contribution in [0, 0.1) is 0 Å². The number of halogens is 2. The molecule has 2 aromatic carbocycles. The summed E-state index contributed by atoms with van der Waals surface area (Å²) < 4.78 is 3.43. The number of anilines is 1. The lowest BCUT2D eigenvalue weighted by molar-refractivity contribution is 0.102. The second-order valence-electron chi connectivity index (χ2n) is 6.15. The van der Waals surface area contributed by atoms with E-state index in [1.165, 1.54) is 0 Å². The molecule has 0 fully saturated rings. The largest absolute Gasteiger partial charge is 0.307 e. The number of fused-ring (bicyclic) bond motifs is 1. The molecule has 0 spiro atoms. The molecular weight excluding hydrogens is 399 g/mol. The van der Waals surface area contributed by atoms with Crippen molar-refractivity contribution in [3.05, 3.63) is 69.8 Å². The van der Waals surface area contributed by atoms with Crippen molar-refractivity contribution >= 4 is 46.0 Å². The van der Waals surface area contributed by atoms with Gasteiger partial charge >= 0.3 is 0 Å². The van der Waals surface area contributed by atoms with E-state index >= 15 is 0 Å². The van der Waals surface area contributed by atoms with Crippen LogP contribution in [0.1, 0.15) is 22.8 Å². The van der Waals surface area contributed by atoms with Crippen LogP contribution in [-0.4, -0.2) is 30.7 Å². The van der Waals surface area contributed by atoms with E-state index in [1.54, 1.807) is 39.8 Å². The third-order valence-corrected chi connectivity index (χ3v) is 5.24. The van der Waals surface area contributed by atoms with Crippen LogP contribution in [-0.2, 0) is 13.1 Å². The van der Waals surface area contributed by atoms with Crippen molar-refractivity contribution in [2.45, 2.75) is 20.0 Å². The molecule has 4 aromatic rings. The normalized spacial score (nSPS) is 11.1. The van der Waals surface area contributed by atoms with Gasteiger partial charge in [0.1, 0.15) is 11.3 Å². The minimum atomic E-state index is -0.258. The van der Waals surface area contributed by atoms with Crippen molar-refractivity contribution in [1.29, 1.82) is 0 Å². The van der Waals surface area contributed by atoms with Gasteiger partial charge in [0.15, 0.2) is 0 Å². The van der Waals surface area contributed by atoms with E-state index in [9.17, 15) is 4.79 Å². The number of nitrogens with one attached hydrogen (secondary N) is 1. The zero-order valence-corrected chi connectivity index (χ0v) is 16.4. The molecule has 28 heavy (non-hydrogen) atoms. The molecule has 0 bridgehead atoms. The van der Waals surface area contributed by atoms with Crippen LogP contribution in [0.25, 0.3) is 11.0 Å². The van der Waals surface area contributed by atoms with Gasteiger partial charge in [-0.25, -0.2) is 9.36 Å². The first-order chi connectivity index (χ1) is 13.6. The Bertz CT molecular complexity index is 1170. The lowest BCUT2D eigenvalue weighted by Gasteiger charge is -2.11. The van der Waals surface area contributed by atoms with Crippen LogP contribution in [0.15, 0.2) is 48.7 Å². The van der Waals surface area contributed by atoms with Crippen LogP contribution in [0.2, 0.25) is 10.0 Å². The number of benzene rings is 2. The van der Waals surface area contributed by atoms with E-state index in [-0.39, 0.29) is 5.91 Å². The number of aryl methyl sites for hydroxylation is 1. The van der Waals surface area contributed by atoms with Gasteiger partial charge in [0.05, 0.1) is 28.3 Å². The molecule has 142 valence electrons. The maximum absolute atomic E-state index is 12.7. The average Bonchev–Trinajstić information content (AvgIpc) is 3.31. The van der Waals surface area contributed by atoms with Crippen molar-refractivity contribution < 1.29 is 4.79 Å². The molecule has 0 radical (unpaired) electrons. The number of nitrogens with zero attached hydrogens (tertiary/aromatic N) is 5. The quantitative estimate of drug-likeness (QED) is 0.529. The summed E-state index contributed by atoms with van der Waals surface area (Å²) in [6.45, 7) is 3.08. The van der Waals surface area contributed by atoms with Gasteiger partial charge < -0.3 is 5.32 Å². The Kier molecular flexibility index (Phi) is 5.02. The van der Waals surface area contributed by atoms with Crippen molar-refractivity contribution in [2.24, 2.45) is 0 Å². The van der Waals surface area contributed by atoms with Gasteiger partial charge in [0.2, 0.25) is 0 Å². The van der Waals surface area contributed by atoms with Gasteiger partial charge in [-0.2, -0.15) is 5.10 Å². The SMILES string of the molecule is CCn1nnc2cc(C(=O)Nc3ccnn3Cc3cccc(Cl)c3Cl)ccc21. The van der Waals surface area contributed by atoms with Gasteiger partial charge in [-0.3, -0.25) is 4.79 Å². The van der Waals surface area contributed by atoms with Gasteiger partial charge in [-0.1, -0.05) is 40.5 Å². The number of hydrogen-bond donors (Lipinski definition) is 1. The fourth-order valence-corrected chi connectivity index (χ4v) is 3.31. The van der Waals surface area contributed by atoms with Gasteiger partial charge in [0.25, 0.3) is 5.91 Å². The predicted octanol–water partition coefficient (Wildman–Crippen LogP) is 4.26. The van der Waals surface area contributed by atoms with Crippen molar-refractivity contribution in [2.75, 3.05) is 5.32 Å². The fraction of sp³-hybridized carbons (Fsp3) is 0.158. The van der Waals surface area contributed by atoms with Crippen molar-refractivity contribution in [3.63, 3.8) is 0 Å². The predicted molar refractivity (Wildman–Crippen MR) is 109 cm³/mol. The molecule has 1 N–H and O–H groups in total. The minimum absolute atomic E-state index is 0.258. The van der Waals surface area contributed by atoms with Crippen LogP contribution >= 0.6 is 23.2 Å². The standard InChI is InChI=1S/C19H16Cl2N6O/c1-2-26-16-7-6-12(10-15(16)24-25-26)19(28)23-17-8-9-22-27(17)11-13-4-3-5-14(20)18(13)21/h3-10H,2,11H2,1H3,(H,23,28). The van der Waals surface area contributed by atoms with Gasteiger partial charge in [-0.15, -0.1) is 5.10 Å². The summed E-state index contributed by atoms with van der Waals surface area (Å²) in [6, 6.07) is 12.5. The summed E-state index contributed by atoms with van der Waals surface area (Å²) >= 11 is 12.3. The van der Waals surface area contributed by atoms with Gasteiger partial charge in [-0.05, 0) is 36.8 Å². The molecule has 0 atom stereocenters. The fourth-order valence-electron chi connectivity index (χ4n) is 2.93. The van der Waals surface area contributed by atoms with E-state index in [1.807, 2.05) is 25.1 Å². The first-order valence-corrected chi connectivity index (χ1v) is 9.41. The molecule has 7 nitrogen and oxygen atoms in total. The summed E-state index contributed by atoms with van der Waals surface area (Å²) in [6.07, 6.45) is 1.62. The van der Waals surface area contributed by atoms with Gasteiger partial charge in [0, 0.05) is 18.2 Å². The second-order valence-corrected chi connectivity index (χ2v) is 6.94. The zero-order chi connectivity index (χ0) is 19.7. The molecular formula is C19H16Cl2N6O. The highest BCUT2D eigenvalue weighted by atomic mass is 35.5. The number of carbonyl (C=O) groups is 1. The van der Waals surface area contributed by atoms with Crippen LogP contribution in [0.4, 0.5) is 5.82 Å². The third-order valence-electron chi connectivity index (χ3n) is 4.39. The van der Waals surface area contributed by atoms with Crippen LogP contribution < -0.4 is 5.32 Å². The molecule has 0 aliphatic rings. The molecule has 0 aliphatic carbocycles. The Morgan fingerprint density at radius 1 is 1.14 bits per heavy atom. The monoisotopic (exact) mass is 414 g/mol. The highest BCUT2D eigenvalue weighted by molar-refractivity contribution is 6.42. The maximum Gasteiger partial charge on any atom is 0.256 e. The minimum Gasteiger partial charge on any atom is -0.307 e. The highest BCUT2D eigenvalue weighted by Gasteiger charge is 2.13. The number of hydrogen-bond acceptors (Lipinski definition) is 4. The molecule has 9 heteroatoms. The zero-order valence-electron chi connectivity index (χ0n) is 14.9. The summed E-state index contributed by atoms with van der Waals surface area (Å²) in [5.41, 5.74) is 2.86. The number of amides is 1. The second kappa shape index (κ2) is 7.61. The van der Waals surface area contributed by atoms with Crippen molar-refractivity contribution in [1.82, 2.24) is 24.8 Å². The summed E-state index contributed by atoms with van der Waals surface area (Å²) in [5, 5.41) is 16.3. The summed E-state index contributed by atoms with van der Waals surface area (Å²) in [7, 11) is 0. The molecule has 0 saturated carbocycles.